The number of hydrogen-bond acceptors (Lipinski definition) is 3. The van der Waals surface area contributed by atoms with E-state index >= 15 is 0 Å². The zero-order valence-corrected chi connectivity index (χ0v) is 13.2. The van der Waals surface area contributed by atoms with Gasteiger partial charge in [0, 0.05) is 0 Å². The van der Waals surface area contributed by atoms with Crippen molar-refractivity contribution < 1.29 is 14.2 Å². The summed E-state index contributed by atoms with van der Waals surface area (Å²) in [6.45, 7) is 1.54. The average molecular weight is 300 g/mol. The molecule has 0 aliphatic rings. The van der Waals surface area contributed by atoms with Crippen LogP contribution >= 0.6 is 0 Å². The first kappa shape index (κ1) is 16.2. The molecule has 2 rings (SSSR count). The van der Waals surface area contributed by atoms with Crippen molar-refractivity contribution in [2.24, 2.45) is 0 Å². The Kier molecular flexibility index (Phi) is 7.16. The molecule has 0 bridgehead atoms. The molecule has 0 atom stereocenters. The fraction of sp³-hybridized carbons (Fsp3) is 0.368. The molecule has 0 saturated carbocycles. The van der Waals surface area contributed by atoms with Crippen molar-refractivity contribution in [3.05, 3.63) is 54.6 Å². The van der Waals surface area contributed by atoms with Gasteiger partial charge in [-0.15, -0.1) is 0 Å². The second-order valence-electron chi connectivity index (χ2n) is 5.10. The van der Waals surface area contributed by atoms with Crippen LogP contribution in [-0.2, 0) is 0 Å². The van der Waals surface area contributed by atoms with Crippen molar-refractivity contribution in [1.29, 1.82) is 0 Å². The maximum absolute atomic E-state index is 5.69. The third-order valence-corrected chi connectivity index (χ3v) is 3.38. The van der Waals surface area contributed by atoms with E-state index in [9.17, 15) is 0 Å². The van der Waals surface area contributed by atoms with Crippen molar-refractivity contribution in [3.8, 4) is 17.2 Å². The maximum atomic E-state index is 5.69. The molecule has 0 amide bonds. The van der Waals surface area contributed by atoms with Crippen molar-refractivity contribution in [2.75, 3.05) is 20.3 Å². The van der Waals surface area contributed by atoms with Gasteiger partial charge in [0.15, 0.2) is 0 Å². The Morgan fingerprint density at radius 2 is 1.09 bits per heavy atom. The van der Waals surface area contributed by atoms with Crippen molar-refractivity contribution >= 4 is 0 Å². The number of methoxy groups -OCH3 is 1. The molecule has 0 heterocycles. The highest BCUT2D eigenvalue weighted by atomic mass is 16.5. The number of unbranched alkanes of at least 4 members (excludes halogenated alkanes) is 3. The highest BCUT2D eigenvalue weighted by Crippen LogP contribution is 2.17. The zero-order chi connectivity index (χ0) is 15.5. The Bertz CT molecular complexity index is 508. The molecule has 0 fully saturated rings. The van der Waals surface area contributed by atoms with Crippen LogP contribution in [0.25, 0.3) is 0 Å². The largest absolute Gasteiger partial charge is 0.497 e. The molecule has 2 aromatic rings. The minimum atomic E-state index is 0.756. The lowest BCUT2D eigenvalue weighted by molar-refractivity contribution is 0.287. The van der Waals surface area contributed by atoms with Crippen LogP contribution in [0.1, 0.15) is 25.7 Å². The SMILES string of the molecule is COc1ccc(OCCCCCCOc2ccccc2)cc1. The summed E-state index contributed by atoms with van der Waals surface area (Å²) < 4.78 is 16.5. The Morgan fingerprint density at radius 1 is 0.591 bits per heavy atom. The second-order valence-corrected chi connectivity index (χ2v) is 5.10. The summed E-state index contributed by atoms with van der Waals surface area (Å²) in [6.07, 6.45) is 4.47. The summed E-state index contributed by atoms with van der Waals surface area (Å²) in [6, 6.07) is 17.7. The molecular formula is C19H24O3. The molecule has 0 unspecified atom stereocenters. The summed E-state index contributed by atoms with van der Waals surface area (Å²) in [5.41, 5.74) is 0. The molecule has 0 aromatic heterocycles. The standard InChI is InChI=1S/C19H24O3/c1-20-17-11-13-19(14-12-17)22-16-8-3-2-7-15-21-18-9-5-4-6-10-18/h4-6,9-14H,2-3,7-8,15-16H2,1H3. The lowest BCUT2D eigenvalue weighted by Gasteiger charge is -2.07. The summed E-state index contributed by atoms with van der Waals surface area (Å²) >= 11 is 0. The highest BCUT2D eigenvalue weighted by molar-refractivity contribution is 5.31. The van der Waals surface area contributed by atoms with Gasteiger partial charge in [-0.1, -0.05) is 18.2 Å². The zero-order valence-electron chi connectivity index (χ0n) is 13.2. The van der Waals surface area contributed by atoms with Crippen molar-refractivity contribution in [2.45, 2.75) is 25.7 Å². The van der Waals surface area contributed by atoms with Gasteiger partial charge in [0.2, 0.25) is 0 Å². The van der Waals surface area contributed by atoms with Gasteiger partial charge in [-0.2, -0.15) is 0 Å². The van der Waals surface area contributed by atoms with E-state index in [0.29, 0.717) is 0 Å². The number of ether oxygens (including phenoxy) is 3. The number of para-hydroxylation sites is 1. The van der Waals surface area contributed by atoms with Crippen LogP contribution in [0.4, 0.5) is 0 Å². The molecule has 22 heavy (non-hydrogen) atoms. The van der Waals surface area contributed by atoms with E-state index in [4.69, 9.17) is 14.2 Å². The molecular weight excluding hydrogens is 276 g/mol. The Balaban J connectivity index is 1.47. The lowest BCUT2D eigenvalue weighted by atomic mass is 10.2. The van der Waals surface area contributed by atoms with E-state index < -0.39 is 0 Å². The molecule has 3 heteroatoms. The van der Waals surface area contributed by atoms with Crippen LogP contribution in [-0.4, -0.2) is 20.3 Å². The van der Waals surface area contributed by atoms with Gasteiger partial charge in [0.05, 0.1) is 20.3 Å². The molecule has 0 aliphatic carbocycles. The average Bonchev–Trinajstić information content (AvgIpc) is 2.59. The smallest absolute Gasteiger partial charge is 0.119 e. The highest BCUT2D eigenvalue weighted by Gasteiger charge is 1.96. The summed E-state index contributed by atoms with van der Waals surface area (Å²) in [5, 5.41) is 0. The van der Waals surface area contributed by atoms with Gasteiger partial charge in [0.1, 0.15) is 17.2 Å². The topological polar surface area (TPSA) is 27.7 Å². The predicted molar refractivity (Wildman–Crippen MR) is 88.9 cm³/mol. The Labute approximate surface area is 132 Å². The molecule has 0 spiro atoms. The summed E-state index contributed by atoms with van der Waals surface area (Å²) in [5.74, 6) is 2.70. The molecule has 118 valence electrons. The number of hydrogen-bond donors (Lipinski definition) is 0. The predicted octanol–water partition coefficient (Wildman–Crippen LogP) is 4.71. The third-order valence-electron chi connectivity index (χ3n) is 3.38. The van der Waals surface area contributed by atoms with E-state index in [2.05, 4.69) is 0 Å². The van der Waals surface area contributed by atoms with Crippen LogP contribution in [0.15, 0.2) is 54.6 Å². The van der Waals surface area contributed by atoms with Gasteiger partial charge >= 0.3 is 0 Å². The first-order chi connectivity index (χ1) is 10.9. The summed E-state index contributed by atoms with van der Waals surface area (Å²) in [7, 11) is 1.66. The minimum absolute atomic E-state index is 0.756. The molecule has 0 radical (unpaired) electrons. The number of rotatable bonds is 10. The van der Waals surface area contributed by atoms with E-state index in [1.165, 1.54) is 6.42 Å². The summed E-state index contributed by atoms with van der Waals surface area (Å²) in [4.78, 5) is 0. The van der Waals surface area contributed by atoms with E-state index in [1.807, 2.05) is 54.6 Å². The fourth-order valence-electron chi connectivity index (χ4n) is 2.13. The molecule has 0 aliphatic heterocycles. The quantitative estimate of drug-likeness (QED) is 0.595. The van der Waals surface area contributed by atoms with Crippen LogP contribution in [0.2, 0.25) is 0 Å². The Hall–Kier alpha value is -2.16. The van der Waals surface area contributed by atoms with E-state index in [1.54, 1.807) is 7.11 Å². The van der Waals surface area contributed by atoms with Gasteiger partial charge < -0.3 is 14.2 Å². The van der Waals surface area contributed by atoms with Gasteiger partial charge in [0.25, 0.3) is 0 Å². The van der Waals surface area contributed by atoms with Crippen molar-refractivity contribution in [3.63, 3.8) is 0 Å². The van der Waals surface area contributed by atoms with Crippen LogP contribution < -0.4 is 14.2 Å². The van der Waals surface area contributed by atoms with Gasteiger partial charge in [-0.25, -0.2) is 0 Å². The monoisotopic (exact) mass is 300 g/mol. The van der Waals surface area contributed by atoms with Crippen LogP contribution in [0, 0.1) is 0 Å². The second kappa shape index (κ2) is 9.72. The first-order valence-corrected chi connectivity index (χ1v) is 7.83. The Morgan fingerprint density at radius 3 is 1.64 bits per heavy atom. The van der Waals surface area contributed by atoms with Gasteiger partial charge in [-0.3, -0.25) is 0 Å². The van der Waals surface area contributed by atoms with Gasteiger partial charge in [-0.05, 0) is 62.1 Å². The first-order valence-electron chi connectivity index (χ1n) is 7.83. The van der Waals surface area contributed by atoms with Crippen LogP contribution in [0.5, 0.6) is 17.2 Å². The molecule has 2 aromatic carbocycles. The minimum Gasteiger partial charge on any atom is -0.497 e. The van der Waals surface area contributed by atoms with Crippen LogP contribution in [0.3, 0.4) is 0 Å². The van der Waals surface area contributed by atoms with Crippen molar-refractivity contribution in [1.82, 2.24) is 0 Å². The molecule has 3 nitrogen and oxygen atoms in total. The number of benzene rings is 2. The van der Waals surface area contributed by atoms with E-state index in [0.717, 1.165) is 49.7 Å². The molecule has 0 N–H and O–H groups in total. The molecule has 0 saturated heterocycles. The third kappa shape index (κ3) is 6.08. The lowest BCUT2D eigenvalue weighted by Crippen LogP contribution is -1.99. The normalized spacial score (nSPS) is 10.2. The van der Waals surface area contributed by atoms with E-state index in [-0.39, 0.29) is 0 Å². The maximum Gasteiger partial charge on any atom is 0.119 e. The fourth-order valence-corrected chi connectivity index (χ4v) is 2.13.